The Hall–Kier alpha value is -1.53. The number of ether oxygens (including phenoxy) is 1. The number of fused-ring (bicyclic) bond motifs is 1. The van der Waals surface area contributed by atoms with E-state index in [-0.39, 0.29) is 11.5 Å². The number of hydrogen-bond acceptors (Lipinski definition) is 3. The van der Waals surface area contributed by atoms with Gasteiger partial charge < -0.3 is 9.84 Å². The minimum atomic E-state index is -1.09. The van der Waals surface area contributed by atoms with Gasteiger partial charge in [-0.2, -0.15) is 0 Å². The highest BCUT2D eigenvalue weighted by Crippen LogP contribution is 2.31. The molecule has 104 valence electrons. The fraction of sp³-hybridized carbons (Fsp3) is 0.286. The average Bonchev–Trinajstić information content (AvgIpc) is 2.91. The minimum Gasteiger partial charge on any atom is -0.478 e. The Morgan fingerprint density at radius 3 is 2.90 bits per heavy atom. The van der Waals surface area contributed by atoms with Crippen molar-refractivity contribution in [3.63, 3.8) is 0 Å². The highest BCUT2D eigenvalue weighted by Gasteiger charge is 2.23. The average molecular weight is 340 g/mol. The van der Waals surface area contributed by atoms with Gasteiger partial charge in [-0.05, 0) is 40.5 Å². The van der Waals surface area contributed by atoms with E-state index in [1.165, 1.54) is 18.2 Å². The Kier molecular flexibility index (Phi) is 3.43. The molecule has 1 N–H and O–H groups in total. The molecule has 3 rings (SSSR count). The lowest BCUT2D eigenvalue weighted by Crippen LogP contribution is -2.06. The van der Waals surface area contributed by atoms with E-state index in [0.717, 1.165) is 6.42 Å². The van der Waals surface area contributed by atoms with E-state index in [4.69, 9.17) is 4.74 Å². The number of rotatable bonds is 2. The van der Waals surface area contributed by atoms with Gasteiger partial charge >= 0.3 is 5.97 Å². The standard InChI is InChI=1S/C14H11BrFNO3/c15-11-4-8(16)3-9-10(14(18)19)5-12(17-13(9)11)7-1-2-20-6-7/h3-5,7H,1-2,6H2,(H,18,19). The summed E-state index contributed by atoms with van der Waals surface area (Å²) in [5.41, 5.74) is 1.21. The number of benzene rings is 1. The van der Waals surface area contributed by atoms with E-state index in [9.17, 15) is 14.3 Å². The van der Waals surface area contributed by atoms with E-state index in [1.54, 1.807) is 0 Å². The van der Waals surface area contributed by atoms with Crippen LogP contribution in [0.25, 0.3) is 10.9 Å². The fourth-order valence-corrected chi connectivity index (χ4v) is 2.95. The third-order valence-corrected chi connectivity index (χ3v) is 4.03. The van der Waals surface area contributed by atoms with E-state index < -0.39 is 11.8 Å². The summed E-state index contributed by atoms with van der Waals surface area (Å²) in [5, 5.41) is 9.63. The molecule has 1 unspecified atom stereocenters. The van der Waals surface area contributed by atoms with Crippen molar-refractivity contribution in [2.24, 2.45) is 0 Å². The maximum Gasteiger partial charge on any atom is 0.336 e. The topological polar surface area (TPSA) is 59.4 Å². The van der Waals surface area contributed by atoms with Crippen LogP contribution in [-0.4, -0.2) is 29.3 Å². The number of halogens is 2. The molecule has 0 saturated carbocycles. The van der Waals surface area contributed by atoms with Gasteiger partial charge in [-0.3, -0.25) is 4.98 Å². The highest BCUT2D eigenvalue weighted by atomic mass is 79.9. The number of aromatic carboxylic acids is 1. The van der Waals surface area contributed by atoms with Crippen molar-refractivity contribution in [1.82, 2.24) is 4.98 Å². The Bertz CT molecular complexity index is 698. The number of nitrogens with zero attached hydrogens (tertiary/aromatic N) is 1. The maximum atomic E-state index is 13.5. The van der Waals surface area contributed by atoms with Crippen molar-refractivity contribution in [2.45, 2.75) is 12.3 Å². The van der Waals surface area contributed by atoms with Crippen LogP contribution < -0.4 is 0 Å². The van der Waals surface area contributed by atoms with E-state index in [1.807, 2.05) is 0 Å². The summed E-state index contributed by atoms with van der Waals surface area (Å²) in [6.07, 6.45) is 0.816. The molecule has 0 bridgehead atoms. The molecular weight excluding hydrogens is 329 g/mol. The first-order chi connectivity index (χ1) is 9.56. The zero-order valence-electron chi connectivity index (χ0n) is 10.4. The molecule has 2 heterocycles. The van der Waals surface area contributed by atoms with Gasteiger partial charge in [0.05, 0.1) is 17.7 Å². The quantitative estimate of drug-likeness (QED) is 0.911. The Morgan fingerprint density at radius 1 is 1.45 bits per heavy atom. The number of aromatic nitrogens is 1. The molecule has 1 fully saturated rings. The summed E-state index contributed by atoms with van der Waals surface area (Å²) in [4.78, 5) is 15.9. The van der Waals surface area contributed by atoms with Gasteiger partial charge in [-0.15, -0.1) is 0 Å². The third kappa shape index (κ3) is 2.29. The SMILES string of the molecule is O=C(O)c1cc(C2CCOC2)nc2c(Br)cc(F)cc12. The second-order valence-corrected chi connectivity index (χ2v) is 5.60. The molecule has 1 aromatic carbocycles. The molecule has 2 aromatic rings. The molecule has 1 aromatic heterocycles. The second-order valence-electron chi connectivity index (χ2n) is 4.74. The summed E-state index contributed by atoms with van der Waals surface area (Å²) < 4.78 is 19.2. The normalized spacial score (nSPS) is 18.6. The van der Waals surface area contributed by atoms with Crippen LogP contribution >= 0.6 is 15.9 Å². The van der Waals surface area contributed by atoms with E-state index >= 15 is 0 Å². The third-order valence-electron chi connectivity index (χ3n) is 3.43. The van der Waals surface area contributed by atoms with Crippen LogP contribution in [-0.2, 0) is 4.74 Å². The minimum absolute atomic E-state index is 0.0668. The van der Waals surface area contributed by atoms with Gasteiger partial charge in [-0.25, -0.2) is 9.18 Å². The lowest BCUT2D eigenvalue weighted by atomic mass is 9.99. The molecule has 4 nitrogen and oxygen atoms in total. The molecular formula is C14H11BrFNO3. The second kappa shape index (κ2) is 5.10. The van der Waals surface area contributed by atoms with Crippen LogP contribution in [0.15, 0.2) is 22.7 Å². The predicted octanol–water partition coefficient (Wildman–Crippen LogP) is 3.34. The Morgan fingerprint density at radius 2 is 2.25 bits per heavy atom. The lowest BCUT2D eigenvalue weighted by Gasteiger charge is -2.12. The zero-order chi connectivity index (χ0) is 14.3. The van der Waals surface area contributed by atoms with Gasteiger partial charge in [0, 0.05) is 28.1 Å². The van der Waals surface area contributed by atoms with Crippen LogP contribution in [0.1, 0.15) is 28.4 Å². The molecule has 20 heavy (non-hydrogen) atoms. The smallest absolute Gasteiger partial charge is 0.336 e. The van der Waals surface area contributed by atoms with Crippen molar-refractivity contribution in [3.05, 3.63) is 39.7 Å². The molecule has 1 aliphatic heterocycles. The monoisotopic (exact) mass is 339 g/mol. The summed E-state index contributed by atoms with van der Waals surface area (Å²) in [6, 6.07) is 4.01. The fourth-order valence-electron chi connectivity index (χ4n) is 2.43. The molecule has 1 atom stereocenters. The van der Waals surface area contributed by atoms with Crippen LogP contribution in [0.3, 0.4) is 0 Å². The molecule has 1 saturated heterocycles. The lowest BCUT2D eigenvalue weighted by molar-refractivity contribution is 0.0698. The van der Waals surface area contributed by atoms with Crippen LogP contribution in [0.2, 0.25) is 0 Å². The van der Waals surface area contributed by atoms with Gasteiger partial charge in [0.25, 0.3) is 0 Å². The van der Waals surface area contributed by atoms with Gasteiger partial charge in [0.2, 0.25) is 0 Å². The zero-order valence-corrected chi connectivity index (χ0v) is 12.0. The molecule has 0 radical (unpaired) electrons. The molecule has 6 heteroatoms. The predicted molar refractivity (Wildman–Crippen MR) is 74.5 cm³/mol. The first kappa shape index (κ1) is 13.5. The van der Waals surface area contributed by atoms with Crippen molar-refractivity contribution in [1.29, 1.82) is 0 Å². The van der Waals surface area contributed by atoms with E-state index in [2.05, 4.69) is 20.9 Å². The van der Waals surface area contributed by atoms with Gasteiger partial charge in [0.15, 0.2) is 0 Å². The summed E-state index contributed by atoms with van der Waals surface area (Å²) >= 11 is 3.25. The molecule has 0 amide bonds. The van der Waals surface area contributed by atoms with Gasteiger partial charge in [-0.1, -0.05) is 0 Å². The first-order valence-corrected chi connectivity index (χ1v) is 6.96. The van der Waals surface area contributed by atoms with Crippen LogP contribution in [0.4, 0.5) is 4.39 Å². The van der Waals surface area contributed by atoms with Crippen molar-refractivity contribution >= 4 is 32.8 Å². The van der Waals surface area contributed by atoms with Crippen molar-refractivity contribution < 1.29 is 19.0 Å². The van der Waals surface area contributed by atoms with Crippen molar-refractivity contribution in [2.75, 3.05) is 13.2 Å². The van der Waals surface area contributed by atoms with Crippen LogP contribution in [0, 0.1) is 5.82 Å². The first-order valence-electron chi connectivity index (χ1n) is 6.17. The van der Waals surface area contributed by atoms with Crippen molar-refractivity contribution in [3.8, 4) is 0 Å². The Labute approximate surface area is 122 Å². The molecule has 0 spiro atoms. The highest BCUT2D eigenvalue weighted by molar-refractivity contribution is 9.10. The number of hydrogen-bond donors (Lipinski definition) is 1. The molecule has 1 aliphatic rings. The largest absolute Gasteiger partial charge is 0.478 e. The summed E-state index contributed by atoms with van der Waals surface area (Å²) in [6.45, 7) is 1.19. The molecule has 0 aliphatic carbocycles. The number of carbonyl (C=O) groups is 1. The van der Waals surface area contributed by atoms with E-state index in [0.29, 0.717) is 34.3 Å². The summed E-state index contributed by atoms with van der Waals surface area (Å²) in [7, 11) is 0. The van der Waals surface area contributed by atoms with Crippen LogP contribution in [0.5, 0.6) is 0 Å². The Balaban J connectivity index is 2.27. The number of pyridine rings is 1. The maximum absolute atomic E-state index is 13.5. The number of carboxylic acid groups (broad SMARTS) is 1. The van der Waals surface area contributed by atoms with Gasteiger partial charge in [0.1, 0.15) is 5.82 Å². The summed E-state index contributed by atoms with van der Waals surface area (Å²) in [5.74, 6) is -1.49. The number of carboxylic acids is 1.